The summed E-state index contributed by atoms with van der Waals surface area (Å²) in [6, 6.07) is 10.5. The van der Waals surface area contributed by atoms with Gasteiger partial charge >= 0.3 is 0 Å². The molecule has 192 valence electrons. The van der Waals surface area contributed by atoms with E-state index >= 15 is 0 Å². The predicted molar refractivity (Wildman–Crippen MR) is 141 cm³/mol. The molecule has 3 aromatic heterocycles. The van der Waals surface area contributed by atoms with Gasteiger partial charge in [0, 0.05) is 51.1 Å². The molecule has 5 heterocycles. The number of aryl methyl sites for hydroxylation is 1. The Hall–Kier alpha value is -3.43. The summed E-state index contributed by atoms with van der Waals surface area (Å²) in [5.41, 5.74) is 5.25. The number of ether oxygens (including phenoxy) is 2. The van der Waals surface area contributed by atoms with E-state index in [2.05, 4.69) is 26.6 Å². The number of hydrogen-bond acceptors (Lipinski definition) is 6. The van der Waals surface area contributed by atoms with E-state index in [0.29, 0.717) is 31.2 Å². The van der Waals surface area contributed by atoms with Gasteiger partial charge in [0.1, 0.15) is 11.3 Å². The van der Waals surface area contributed by atoms with E-state index in [0.717, 1.165) is 71.1 Å². The molecular formula is C28H32N6O3. The van der Waals surface area contributed by atoms with Crippen molar-refractivity contribution in [2.45, 2.75) is 31.8 Å². The van der Waals surface area contributed by atoms with Gasteiger partial charge in [0.15, 0.2) is 11.5 Å². The molecule has 1 atom stereocenters. The molecule has 9 nitrogen and oxygen atoms in total. The quantitative estimate of drug-likeness (QED) is 0.438. The maximum atomic E-state index is 13.4. The average Bonchev–Trinajstić information content (AvgIpc) is 3.59. The Balaban J connectivity index is 1.29. The molecule has 0 spiro atoms. The van der Waals surface area contributed by atoms with Crippen LogP contribution in [0.1, 0.15) is 28.9 Å². The summed E-state index contributed by atoms with van der Waals surface area (Å²) in [5.74, 6) is 2.45. The molecular weight excluding hydrogens is 468 g/mol. The first-order valence-corrected chi connectivity index (χ1v) is 13.2. The molecule has 1 N–H and O–H groups in total. The third-order valence-electron chi connectivity index (χ3n) is 7.97. The number of methoxy groups -OCH3 is 1. The number of hydrogen-bond donors (Lipinski definition) is 1. The number of carbonyl (C=O) groups is 1. The Kier molecular flexibility index (Phi) is 5.44. The lowest BCUT2D eigenvalue weighted by Gasteiger charge is -2.33. The van der Waals surface area contributed by atoms with Crippen LogP contribution in [0.15, 0.2) is 30.3 Å². The number of amides is 1. The van der Waals surface area contributed by atoms with Gasteiger partial charge in [0.05, 0.1) is 42.8 Å². The molecule has 1 aromatic carbocycles. The third kappa shape index (κ3) is 3.88. The van der Waals surface area contributed by atoms with Crippen LogP contribution < -0.4 is 10.1 Å². The van der Waals surface area contributed by atoms with Crippen LogP contribution in [0.4, 0.5) is 0 Å². The second-order valence-electron chi connectivity index (χ2n) is 10.5. The van der Waals surface area contributed by atoms with Crippen molar-refractivity contribution < 1.29 is 14.3 Å². The zero-order chi connectivity index (χ0) is 25.1. The van der Waals surface area contributed by atoms with Crippen molar-refractivity contribution in [3.05, 3.63) is 41.6 Å². The highest BCUT2D eigenvalue weighted by molar-refractivity contribution is 5.99. The van der Waals surface area contributed by atoms with Crippen LogP contribution in [0, 0.1) is 5.92 Å². The monoisotopic (exact) mass is 500 g/mol. The van der Waals surface area contributed by atoms with Crippen LogP contribution >= 0.6 is 0 Å². The van der Waals surface area contributed by atoms with Crippen molar-refractivity contribution in [2.75, 3.05) is 40.0 Å². The van der Waals surface area contributed by atoms with Gasteiger partial charge < -0.3 is 28.8 Å². The van der Waals surface area contributed by atoms with E-state index < -0.39 is 0 Å². The van der Waals surface area contributed by atoms with Gasteiger partial charge in [-0.25, -0.2) is 9.97 Å². The van der Waals surface area contributed by atoms with Crippen LogP contribution in [-0.4, -0.2) is 75.9 Å². The van der Waals surface area contributed by atoms with E-state index in [4.69, 9.17) is 19.4 Å². The molecule has 7 rings (SSSR count). The Labute approximate surface area is 215 Å². The van der Waals surface area contributed by atoms with Gasteiger partial charge in [-0.3, -0.25) is 4.79 Å². The Morgan fingerprint density at radius 2 is 2.08 bits per heavy atom. The van der Waals surface area contributed by atoms with Gasteiger partial charge in [0.25, 0.3) is 5.91 Å². The Bertz CT molecular complexity index is 1510. The van der Waals surface area contributed by atoms with E-state index in [1.807, 2.05) is 30.1 Å². The first-order valence-electron chi connectivity index (χ1n) is 13.2. The number of imidazole rings is 1. The third-order valence-corrected chi connectivity index (χ3v) is 7.97. The standard InChI is InChI=1S/C28H32N6O3/c1-32-26-22(13-20-21(30-26)8-10-33(28(20)35)15-19-16-37-11-9-29-19)31-27(32)23-12-18-4-3-5-24(36-2)25(18)34(23)14-17-6-7-17/h3-5,12-13,17,19,29H,6-11,14-16H2,1-2H3/t19-/m0/s1. The zero-order valence-corrected chi connectivity index (χ0v) is 21.4. The van der Waals surface area contributed by atoms with Gasteiger partial charge in [-0.15, -0.1) is 0 Å². The molecule has 3 aliphatic rings. The van der Waals surface area contributed by atoms with Crippen molar-refractivity contribution >= 4 is 28.0 Å². The molecule has 1 amide bonds. The summed E-state index contributed by atoms with van der Waals surface area (Å²) in [4.78, 5) is 25.4. The number of nitrogens with zero attached hydrogens (tertiary/aromatic N) is 5. The molecule has 1 saturated heterocycles. The van der Waals surface area contributed by atoms with Crippen molar-refractivity contribution in [2.24, 2.45) is 13.0 Å². The summed E-state index contributed by atoms with van der Waals surface area (Å²) in [7, 11) is 3.75. The molecule has 1 aliphatic carbocycles. The summed E-state index contributed by atoms with van der Waals surface area (Å²) >= 11 is 0. The maximum Gasteiger partial charge on any atom is 0.255 e. The van der Waals surface area contributed by atoms with Crippen molar-refractivity contribution in [1.82, 2.24) is 29.3 Å². The lowest BCUT2D eigenvalue weighted by atomic mass is 10.0. The molecule has 9 heteroatoms. The van der Waals surface area contributed by atoms with Gasteiger partial charge in [0.2, 0.25) is 0 Å². The highest BCUT2D eigenvalue weighted by Crippen LogP contribution is 2.39. The van der Waals surface area contributed by atoms with Crippen molar-refractivity contribution in [3.63, 3.8) is 0 Å². The molecule has 0 unspecified atom stereocenters. The minimum atomic E-state index is 0.0304. The number of aromatic nitrogens is 4. The lowest BCUT2D eigenvalue weighted by molar-refractivity contribution is 0.0510. The number of rotatable bonds is 6. The van der Waals surface area contributed by atoms with E-state index in [-0.39, 0.29) is 11.9 Å². The Morgan fingerprint density at radius 3 is 2.86 bits per heavy atom. The minimum Gasteiger partial charge on any atom is -0.495 e. The smallest absolute Gasteiger partial charge is 0.255 e. The average molecular weight is 501 g/mol. The van der Waals surface area contributed by atoms with Gasteiger partial charge in [-0.05, 0) is 37.0 Å². The largest absolute Gasteiger partial charge is 0.495 e. The molecule has 2 fully saturated rings. The SMILES string of the molecule is COc1cccc2cc(-c3nc4cc5c(nc4n3C)CCN(C[C@H]3COCCN3)C5=O)n(CC3CC3)c12. The molecule has 4 aromatic rings. The number of nitrogens with one attached hydrogen (secondary N) is 1. The van der Waals surface area contributed by atoms with E-state index in [9.17, 15) is 4.79 Å². The fourth-order valence-electron chi connectivity index (χ4n) is 5.83. The first kappa shape index (κ1) is 22.7. The number of morpholine rings is 1. The summed E-state index contributed by atoms with van der Waals surface area (Å²) in [5, 5.41) is 4.59. The summed E-state index contributed by atoms with van der Waals surface area (Å²) in [6.45, 7) is 4.44. The lowest BCUT2D eigenvalue weighted by Crippen LogP contribution is -2.51. The normalized spacial score (nSPS) is 20.1. The summed E-state index contributed by atoms with van der Waals surface area (Å²) < 4.78 is 15.7. The number of pyridine rings is 1. The van der Waals surface area contributed by atoms with E-state index in [1.54, 1.807) is 7.11 Å². The van der Waals surface area contributed by atoms with Crippen molar-refractivity contribution in [1.29, 1.82) is 0 Å². The fourth-order valence-corrected chi connectivity index (χ4v) is 5.83. The number of para-hydroxylation sites is 1. The maximum absolute atomic E-state index is 13.4. The molecule has 2 aliphatic heterocycles. The van der Waals surface area contributed by atoms with Crippen molar-refractivity contribution in [3.8, 4) is 17.3 Å². The summed E-state index contributed by atoms with van der Waals surface area (Å²) in [6.07, 6.45) is 3.25. The highest BCUT2D eigenvalue weighted by atomic mass is 16.5. The van der Waals surface area contributed by atoms with Gasteiger partial charge in [-0.2, -0.15) is 0 Å². The Morgan fingerprint density at radius 1 is 1.19 bits per heavy atom. The van der Waals surface area contributed by atoms with Crippen LogP contribution in [0.3, 0.4) is 0 Å². The predicted octanol–water partition coefficient (Wildman–Crippen LogP) is 3.00. The first-order chi connectivity index (χ1) is 18.1. The number of fused-ring (bicyclic) bond motifs is 3. The van der Waals surface area contributed by atoms with Crippen LogP contribution in [0.5, 0.6) is 5.75 Å². The number of benzene rings is 1. The van der Waals surface area contributed by atoms with Gasteiger partial charge in [-0.1, -0.05) is 12.1 Å². The fraction of sp³-hybridized carbons (Fsp3) is 0.464. The van der Waals surface area contributed by atoms with E-state index in [1.165, 1.54) is 12.8 Å². The zero-order valence-electron chi connectivity index (χ0n) is 21.4. The molecule has 37 heavy (non-hydrogen) atoms. The van der Waals surface area contributed by atoms with Crippen LogP contribution in [0.25, 0.3) is 33.6 Å². The second-order valence-corrected chi connectivity index (χ2v) is 10.5. The second kappa shape index (κ2) is 8.85. The molecule has 0 radical (unpaired) electrons. The molecule has 0 bridgehead atoms. The van der Waals surface area contributed by atoms with Crippen LogP contribution in [0.2, 0.25) is 0 Å². The topological polar surface area (TPSA) is 86.4 Å². The molecule has 1 saturated carbocycles. The number of carbonyl (C=O) groups excluding carboxylic acids is 1. The van der Waals surface area contributed by atoms with Crippen LogP contribution in [-0.2, 0) is 24.8 Å². The highest BCUT2D eigenvalue weighted by Gasteiger charge is 2.31. The minimum absolute atomic E-state index is 0.0304.